The molecule has 2 N–H and O–H groups in total. The molecule has 162 valence electrons. The summed E-state index contributed by atoms with van der Waals surface area (Å²) in [4.78, 5) is 25.2. The lowest BCUT2D eigenvalue weighted by Crippen LogP contribution is -2.55. The zero-order chi connectivity index (χ0) is 21.8. The average Bonchev–Trinajstić information content (AvgIpc) is 3.43. The van der Waals surface area contributed by atoms with Crippen LogP contribution in [0.2, 0.25) is 0 Å². The number of carbonyl (C=O) groups is 1. The number of rotatable bonds is 5. The summed E-state index contributed by atoms with van der Waals surface area (Å²) < 4.78 is 6.87. The lowest BCUT2D eigenvalue weighted by Gasteiger charge is -2.35. The van der Waals surface area contributed by atoms with Crippen LogP contribution in [0, 0.1) is 0 Å². The van der Waals surface area contributed by atoms with Gasteiger partial charge in [0.25, 0.3) is 0 Å². The van der Waals surface area contributed by atoms with Crippen molar-refractivity contribution in [2.24, 2.45) is 12.0 Å². The Labute approximate surface area is 179 Å². The van der Waals surface area contributed by atoms with Gasteiger partial charge in [-0.25, -0.2) is 4.98 Å². The SMILES string of the molecule is CN=C(NCc1nc(-c2ccc(OC)cc2)n[nH]1)N1CCN(c2cnn(C)c2)C(=O)C1. The van der Waals surface area contributed by atoms with Gasteiger partial charge in [0.05, 0.1) is 25.5 Å². The number of methoxy groups -OCH3 is 1. The summed E-state index contributed by atoms with van der Waals surface area (Å²) >= 11 is 0. The molecule has 0 bridgehead atoms. The summed E-state index contributed by atoms with van der Waals surface area (Å²) in [5.41, 5.74) is 1.70. The molecule has 1 fully saturated rings. The molecule has 1 amide bonds. The van der Waals surface area contributed by atoms with Crippen LogP contribution in [0.4, 0.5) is 5.69 Å². The highest BCUT2D eigenvalue weighted by Crippen LogP contribution is 2.19. The van der Waals surface area contributed by atoms with Gasteiger partial charge in [0.15, 0.2) is 11.8 Å². The summed E-state index contributed by atoms with van der Waals surface area (Å²) in [5.74, 6) is 2.70. The second kappa shape index (κ2) is 8.86. The first kappa shape index (κ1) is 20.4. The van der Waals surface area contributed by atoms with Crippen molar-refractivity contribution in [1.82, 2.24) is 35.2 Å². The van der Waals surface area contributed by atoms with Crippen molar-refractivity contribution >= 4 is 17.6 Å². The summed E-state index contributed by atoms with van der Waals surface area (Å²) in [6.45, 7) is 1.87. The Bertz CT molecular complexity index is 1070. The first-order chi connectivity index (χ1) is 15.1. The minimum atomic E-state index is 0.00339. The number of benzene rings is 1. The maximum atomic E-state index is 12.6. The van der Waals surface area contributed by atoms with E-state index in [2.05, 4.69) is 30.6 Å². The molecule has 0 aliphatic carbocycles. The molecule has 1 aliphatic rings. The average molecular weight is 423 g/mol. The van der Waals surface area contributed by atoms with Crippen LogP contribution in [0.3, 0.4) is 0 Å². The van der Waals surface area contributed by atoms with Gasteiger partial charge in [-0.2, -0.15) is 10.2 Å². The standard InChI is InChI=1S/C20H25N9O2/c1-21-20(28-8-9-29(18(30)13-28)15-10-23-27(2)12-15)22-11-17-24-19(26-25-17)14-4-6-16(31-3)7-5-14/h4-7,10,12H,8-9,11,13H2,1-3H3,(H,21,22)(H,24,25,26). The largest absolute Gasteiger partial charge is 0.497 e. The van der Waals surface area contributed by atoms with Gasteiger partial charge >= 0.3 is 0 Å². The molecule has 0 atom stereocenters. The van der Waals surface area contributed by atoms with E-state index in [-0.39, 0.29) is 12.5 Å². The van der Waals surface area contributed by atoms with Crippen LogP contribution in [0.1, 0.15) is 5.82 Å². The summed E-state index contributed by atoms with van der Waals surface area (Å²) in [6.07, 6.45) is 3.54. The molecular weight excluding hydrogens is 398 g/mol. The summed E-state index contributed by atoms with van der Waals surface area (Å²) in [6, 6.07) is 7.55. The normalized spacial score (nSPS) is 14.8. The minimum Gasteiger partial charge on any atom is -0.497 e. The molecule has 11 heteroatoms. The topological polar surface area (TPSA) is 117 Å². The summed E-state index contributed by atoms with van der Waals surface area (Å²) in [7, 11) is 5.16. The molecule has 31 heavy (non-hydrogen) atoms. The molecule has 3 heterocycles. The Hall–Kier alpha value is -3.89. The third kappa shape index (κ3) is 4.49. The molecule has 11 nitrogen and oxygen atoms in total. The Morgan fingerprint density at radius 1 is 1.29 bits per heavy atom. The third-order valence-electron chi connectivity index (χ3n) is 5.03. The van der Waals surface area contributed by atoms with E-state index in [0.29, 0.717) is 37.2 Å². The number of hydrogen-bond donors (Lipinski definition) is 2. The van der Waals surface area contributed by atoms with E-state index < -0.39 is 0 Å². The Morgan fingerprint density at radius 3 is 2.74 bits per heavy atom. The molecule has 4 rings (SSSR count). The number of anilines is 1. The zero-order valence-electron chi connectivity index (χ0n) is 17.7. The van der Waals surface area contributed by atoms with Gasteiger partial charge in [0.1, 0.15) is 18.1 Å². The number of H-pyrrole nitrogens is 1. The number of nitrogens with zero attached hydrogens (tertiary/aromatic N) is 7. The smallest absolute Gasteiger partial charge is 0.246 e. The molecule has 2 aromatic heterocycles. The predicted octanol–water partition coefficient (Wildman–Crippen LogP) is 0.638. The Balaban J connectivity index is 1.35. The molecule has 0 spiro atoms. The van der Waals surface area contributed by atoms with Crippen LogP contribution in [0.25, 0.3) is 11.4 Å². The van der Waals surface area contributed by atoms with Gasteiger partial charge in [-0.15, -0.1) is 0 Å². The van der Waals surface area contributed by atoms with Crippen LogP contribution in [-0.2, 0) is 18.4 Å². The molecular formula is C20H25N9O2. The summed E-state index contributed by atoms with van der Waals surface area (Å²) in [5, 5.41) is 14.6. The number of guanidine groups is 1. The molecule has 1 saturated heterocycles. The first-order valence-electron chi connectivity index (χ1n) is 9.87. The number of aliphatic imine (C=N–C) groups is 1. The first-order valence-corrected chi connectivity index (χ1v) is 9.87. The van der Waals surface area contributed by atoms with Gasteiger partial charge in [-0.05, 0) is 24.3 Å². The van der Waals surface area contributed by atoms with Crippen LogP contribution in [0.15, 0.2) is 41.7 Å². The molecule has 0 saturated carbocycles. The molecule has 0 unspecified atom stereocenters. The zero-order valence-corrected chi connectivity index (χ0v) is 17.7. The highest BCUT2D eigenvalue weighted by Gasteiger charge is 2.27. The highest BCUT2D eigenvalue weighted by molar-refractivity contribution is 5.98. The van der Waals surface area contributed by atoms with Crippen molar-refractivity contribution in [3.8, 4) is 17.1 Å². The number of carbonyl (C=O) groups excluding carboxylic acids is 1. The van der Waals surface area contributed by atoms with Crippen LogP contribution >= 0.6 is 0 Å². The quantitative estimate of drug-likeness (QED) is 0.457. The van der Waals surface area contributed by atoms with E-state index >= 15 is 0 Å². The van der Waals surface area contributed by atoms with E-state index in [4.69, 9.17) is 4.74 Å². The van der Waals surface area contributed by atoms with Crippen molar-refractivity contribution in [3.63, 3.8) is 0 Å². The number of hydrogen-bond acceptors (Lipinski definition) is 6. The van der Waals surface area contributed by atoms with Crippen molar-refractivity contribution in [1.29, 1.82) is 0 Å². The van der Waals surface area contributed by atoms with Crippen molar-refractivity contribution in [2.75, 3.05) is 38.7 Å². The number of aromatic nitrogens is 5. The molecule has 1 aromatic carbocycles. The third-order valence-corrected chi connectivity index (χ3v) is 5.03. The fourth-order valence-electron chi connectivity index (χ4n) is 3.41. The predicted molar refractivity (Wildman–Crippen MR) is 116 cm³/mol. The van der Waals surface area contributed by atoms with E-state index in [9.17, 15) is 4.79 Å². The van der Waals surface area contributed by atoms with E-state index in [1.54, 1.807) is 29.9 Å². The second-order valence-electron chi connectivity index (χ2n) is 7.07. The van der Waals surface area contributed by atoms with Gasteiger partial charge in [0, 0.05) is 38.9 Å². The number of piperazine rings is 1. The van der Waals surface area contributed by atoms with Gasteiger partial charge < -0.3 is 19.9 Å². The van der Waals surface area contributed by atoms with Gasteiger partial charge in [-0.3, -0.25) is 19.6 Å². The number of aryl methyl sites for hydroxylation is 1. The van der Waals surface area contributed by atoms with Crippen molar-refractivity contribution in [3.05, 3.63) is 42.5 Å². The fraction of sp³-hybridized carbons (Fsp3) is 0.350. The maximum absolute atomic E-state index is 12.6. The minimum absolute atomic E-state index is 0.00339. The van der Waals surface area contributed by atoms with Crippen molar-refractivity contribution < 1.29 is 9.53 Å². The van der Waals surface area contributed by atoms with Crippen molar-refractivity contribution in [2.45, 2.75) is 6.54 Å². The number of nitrogens with one attached hydrogen (secondary N) is 2. The number of aromatic amines is 1. The van der Waals surface area contributed by atoms with E-state index in [1.165, 1.54) is 0 Å². The number of amides is 1. The lowest BCUT2D eigenvalue weighted by atomic mass is 10.2. The van der Waals surface area contributed by atoms with Gasteiger partial charge in [-0.1, -0.05) is 0 Å². The highest BCUT2D eigenvalue weighted by atomic mass is 16.5. The van der Waals surface area contributed by atoms with Gasteiger partial charge in [0.2, 0.25) is 5.91 Å². The molecule has 0 radical (unpaired) electrons. The van der Waals surface area contributed by atoms with E-state index in [1.807, 2.05) is 42.4 Å². The van der Waals surface area contributed by atoms with Crippen LogP contribution in [-0.4, -0.2) is 75.5 Å². The number of ether oxygens (including phenoxy) is 1. The van der Waals surface area contributed by atoms with Crippen LogP contribution in [0.5, 0.6) is 5.75 Å². The maximum Gasteiger partial charge on any atom is 0.246 e. The second-order valence-corrected chi connectivity index (χ2v) is 7.07. The molecule has 3 aromatic rings. The Morgan fingerprint density at radius 2 is 2.10 bits per heavy atom. The monoisotopic (exact) mass is 423 g/mol. The lowest BCUT2D eigenvalue weighted by molar-refractivity contribution is -0.120. The van der Waals surface area contributed by atoms with Crippen LogP contribution < -0.4 is 15.0 Å². The van der Waals surface area contributed by atoms with E-state index in [0.717, 1.165) is 17.0 Å². The molecule has 1 aliphatic heterocycles. The fourth-order valence-corrected chi connectivity index (χ4v) is 3.41. The Kier molecular flexibility index (Phi) is 5.83.